The van der Waals surface area contributed by atoms with E-state index in [4.69, 9.17) is 11.6 Å². The van der Waals surface area contributed by atoms with Crippen LogP contribution in [0, 0.1) is 0 Å². The fourth-order valence-corrected chi connectivity index (χ4v) is 3.30. The normalized spacial score (nSPS) is 12.0. The molecule has 0 atom stereocenters. The average molecular weight is 377 g/mol. The van der Waals surface area contributed by atoms with Gasteiger partial charge < -0.3 is 5.32 Å². The molecule has 8 heteroatoms. The lowest BCUT2D eigenvalue weighted by Gasteiger charge is -2.10. The first-order valence-corrected chi connectivity index (χ1v) is 8.08. The molecule has 0 radical (unpaired) electrons. The van der Waals surface area contributed by atoms with Gasteiger partial charge >= 0.3 is 6.18 Å². The summed E-state index contributed by atoms with van der Waals surface area (Å²) < 4.78 is 41.0. The van der Waals surface area contributed by atoms with Gasteiger partial charge in [-0.3, -0.25) is 4.98 Å². The predicted octanol–water partition coefficient (Wildman–Crippen LogP) is 5.26. The summed E-state index contributed by atoms with van der Waals surface area (Å²) in [6.45, 7) is 0. The van der Waals surface area contributed by atoms with E-state index < -0.39 is 16.9 Å². The third kappa shape index (κ3) is 2.55. The molecule has 3 heterocycles. The number of anilines is 1. The van der Waals surface area contributed by atoms with Crippen molar-refractivity contribution in [2.24, 2.45) is 0 Å². The fourth-order valence-electron chi connectivity index (χ4n) is 2.97. The Morgan fingerprint density at radius 2 is 1.88 bits per heavy atom. The summed E-state index contributed by atoms with van der Waals surface area (Å²) >= 11 is 6.10. The van der Waals surface area contributed by atoms with Gasteiger partial charge in [0.2, 0.25) is 0 Å². The Labute approximate surface area is 151 Å². The van der Waals surface area contributed by atoms with Crippen molar-refractivity contribution < 1.29 is 13.2 Å². The first-order chi connectivity index (χ1) is 12.4. The van der Waals surface area contributed by atoms with Crippen LogP contribution in [-0.4, -0.2) is 21.6 Å². The number of benzene rings is 1. The van der Waals surface area contributed by atoms with Crippen molar-refractivity contribution in [2.75, 3.05) is 12.4 Å². The highest BCUT2D eigenvalue weighted by atomic mass is 35.5. The molecular formula is C18H12ClF3N4. The first kappa shape index (κ1) is 16.7. The Bertz CT molecular complexity index is 1130. The summed E-state index contributed by atoms with van der Waals surface area (Å²) in [5, 5.41) is 7.98. The standard InChI is InChI=1S/C18H12ClF3N4/c1-23-14-5-4-13(11-2-3-12-9-24-7-6-10(12)8-11)16-15(19)17(18(20,21)22)25-26(14)16/h2-9,23H,1H3. The third-order valence-electron chi connectivity index (χ3n) is 4.20. The van der Waals surface area contributed by atoms with Gasteiger partial charge in [0.1, 0.15) is 5.82 Å². The topological polar surface area (TPSA) is 42.2 Å². The lowest BCUT2D eigenvalue weighted by atomic mass is 10.0. The summed E-state index contributed by atoms with van der Waals surface area (Å²) in [6.07, 6.45) is -1.24. The molecule has 0 saturated carbocycles. The summed E-state index contributed by atoms with van der Waals surface area (Å²) in [5.74, 6) is 0.408. The van der Waals surface area contributed by atoms with E-state index in [-0.39, 0.29) is 5.52 Å². The second-order valence-electron chi connectivity index (χ2n) is 5.74. The minimum atomic E-state index is -4.64. The highest BCUT2D eigenvalue weighted by Gasteiger charge is 2.38. The summed E-state index contributed by atoms with van der Waals surface area (Å²) in [6, 6.07) is 10.8. The highest BCUT2D eigenvalue weighted by molar-refractivity contribution is 6.35. The van der Waals surface area contributed by atoms with E-state index in [1.807, 2.05) is 24.3 Å². The predicted molar refractivity (Wildman–Crippen MR) is 95.5 cm³/mol. The zero-order valence-electron chi connectivity index (χ0n) is 13.5. The van der Waals surface area contributed by atoms with Gasteiger partial charge in [-0.1, -0.05) is 23.7 Å². The Morgan fingerprint density at radius 3 is 2.62 bits per heavy atom. The number of rotatable bonds is 2. The molecule has 0 aliphatic rings. The van der Waals surface area contributed by atoms with Crippen molar-refractivity contribution in [1.82, 2.24) is 14.6 Å². The van der Waals surface area contributed by atoms with Crippen molar-refractivity contribution in [3.05, 3.63) is 59.5 Å². The molecule has 1 aromatic carbocycles. The zero-order valence-corrected chi connectivity index (χ0v) is 14.2. The summed E-state index contributed by atoms with van der Waals surface area (Å²) in [4.78, 5) is 4.06. The van der Waals surface area contributed by atoms with E-state index in [1.165, 1.54) is 4.52 Å². The van der Waals surface area contributed by atoms with Gasteiger partial charge in [0, 0.05) is 30.4 Å². The average Bonchev–Trinajstić information content (AvgIpc) is 2.99. The van der Waals surface area contributed by atoms with Crippen LogP contribution >= 0.6 is 11.6 Å². The number of hydrogen-bond acceptors (Lipinski definition) is 3. The van der Waals surface area contributed by atoms with Crippen LogP contribution < -0.4 is 5.32 Å². The van der Waals surface area contributed by atoms with Gasteiger partial charge in [0.05, 0.1) is 10.5 Å². The monoisotopic (exact) mass is 376 g/mol. The fraction of sp³-hybridized carbons (Fsp3) is 0.111. The Kier molecular flexibility index (Phi) is 3.77. The Balaban J connectivity index is 2.04. The summed E-state index contributed by atoms with van der Waals surface area (Å²) in [5.41, 5.74) is 0.412. The van der Waals surface area contributed by atoms with Crippen LogP contribution in [0.2, 0.25) is 5.02 Å². The molecule has 0 spiro atoms. The lowest BCUT2D eigenvalue weighted by molar-refractivity contribution is -0.141. The van der Waals surface area contributed by atoms with E-state index >= 15 is 0 Å². The maximum absolute atomic E-state index is 13.3. The third-order valence-corrected chi connectivity index (χ3v) is 4.55. The van der Waals surface area contributed by atoms with Crippen LogP contribution in [-0.2, 0) is 6.18 Å². The molecule has 0 amide bonds. The smallest absolute Gasteiger partial charge is 0.373 e. The molecule has 0 bridgehead atoms. The van der Waals surface area contributed by atoms with E-state index in [0.29, 0.717) is 11.4 Å². The number of alkyl halides is 3. The number of halogens is 4. The van der Waals surface area contributed by atoms with Gasteiger partial charge in [-0.05, 0) is 35.2 Å². The Morgan fingerprint density at radius 1 is 1.08 bits per heavy atom. The number of hydrogen-bond donors (Lipinski definition) is 1. The van der Waals surface area contributed by atoms with Crippen LogP contribution in [0.25, 0.3) is 27.4 Å². The molecular weight excluding hydrogens is 365 g/mol. The molecule has 26 heavy (non-hydrogen) atoms. The van der Waals surface area contributed by atoms with Crippen LogP contribution in [0.3, 0.4) is 0 Å². The van der Waals surface area contributed by atoms with Crippen molar-refractivity contribution in [1.29, 1.82) is 0 Å². The van der Waals surface area contributed by atoms with E-state index in [9.17, 15) is 13.2 Å². The van der Waals surface area contributed by atoms with Gasteiger partial charge in [0.15, 0.2) is 5.69 Å². The molecule has 0 fully saturated rings. The van der Waals surface area contributed by atoms with Crippen LogP contribution in [0.15, 0.2) is 48.8 Å². The van der Waals surface area contributed by atoms with Crippen molar-refractivity contribution in [2.45, 2.75) is 6.18 Å². The van der Waals surface area contributed by atoms with E-state index in [2.05, 4.69) is 15.4 Å². The highest BCUT2D eigenvalue weighted by Crippen LogP contribution is 2.40. The molecule has 4 nitrogen and oxygen atoms in total. The number of nitrogens with one attached hydrogen (secondary N) is 1. The van der Waals surface area contributed by atoms with Gasteiger partial charge in [0.25, 0.3) is 0 Å². The SMILES string of the molecule is CNc1ccc(-c2ccc3cnccc3c2)c2c(Cl)c(C(F)(F)F)nn12. The minimum Gasteiger partial charge on any atom is -0.373 e. The lowest BCUT2D eigenvalue weighted by Crippen LogP contribution is -2.07. The number of aromatic nitrogens is 3. The zero-order chi connectivity index (χ0) is 18.5. The first-order valence-electron chi connectivity index (χ1n) is 7.70. The van der Waals surface area contributed by atoms with Crippen LogP contribution in [0.4, 0.5) is 19.0 Å². The quantitative estimate of drug-likeness (QED) is 0.518. The second kappa shape index (κ2) is 5.88. The van der Waals surface area contributed by atoms with Crippen molar-refractivity contribution >= 4 is 33.7 Å². The molecule has 0 saturated heterocycles. The maximum Gasteiger partial charge on any atom is 0.436 e. The molecule has 0 aliphatic heterocycles. The van der Waals surface area contributed by atoms with Crippen molar-refractivity contribution in [3.8, 4) is 11.1 Å². The maximum atomic E-state index is 13.3. The number of fused-ring (bicyclic) bond motifs is 2. The van der Waals surface area contributed by atoms with Crippen LogP contribution in [0.5, 0.6) is 0 Å². The number of nitrogens with zero attached hydrogens (tertiary/aromatic N) is 3. The van der Waals surface area contributed by atoms with Gasteiger partial charge in [-0.2, -0.15) is 18.3 Å². The van der Waals surface area contributed by atoms with Crippen molar-refractivity contribution in [3.63, 3.8) is 0 Å². The van der Waals surface area contributed by atoms with E-state index in [0.717, 1.165) is 16.3 Å². The molecule has 4 aromatic rings. The minimum absolute atomic E-state index is 0.208. The van der Waals surface area contributed by atoms with Gasteiger partial charge in [-0.25, -0.2) is 4.52 Å². The largest absolute Gasteiger partial charge is 0.436 e. The van der Waals surface area contributed by atoms with E-state index in [1.54, 1.807) is 31.6 Å². The molecule has 0 aliphatic carbocycles. The molecule has 1 N–H and O–H groups in total. The number of pyridine rings is 2. The van der Waals surface area contributed by atoms with Crippen LogP contribution in [0.1, 0.15) is 5.69 Å². The molecule has 132 valence electrons. The summed E-state index contributed by atoms with van der Waals surface area (Å²) in [7, 11) is 1.61. The van der Waals surface area contributed by atoms with Gasteiger partial charge in [-0.15, -0.1) is 0 Å². The molecule has 3 aromatic heterocycles. The Hall–Kier alpha value is -2.80. The second-order valence-corrected chi connectivity index (χ2v) is 6.12. The molecule has 0 unspecified atom stereocenters. The molecule has 4 rings (SSSR count).